The number of hydrogen-bond acceptors (Lipinski definition) is 4. The van der Waals surface area contributed by atoms with Crippen LogP contribution in [0.1, 0.15) is 19.8 Å². The number of aromatic nitrogens is 1. The highest BCUT2D eigenvalue weighted by Crippen LogP contribution is 2.35. The molecule has 0 aliphatic carbocycles. The van der Waals surface area contributed by atoms with E-state index in [9.17, 15) is 9.90 Å². The molecule has 0 saturated carbocycles. The number of carboxylic acids is 1. The van der Waals surface area contributed by atoms with Crippen molar-refractivity contribution in [3.63, 3.8) is 0 Å². The van der Waals surface area contributed by atoms with E-state index >= 15 is 0 Å². The van der Waals surface area contributed by atoms with Crippen molar-refractivity contribution < 1.29 is 9.90 Å². The summed E-state index contributed by atoms with van der Waals surface area (Å²) in [6.45, 7) is 3.24. The lowest BCUT2D eigenvalue weighted by Crippen LogP contribution is -2.46. The summed E-state index contributed by atoms with van der Waals surface area (Å²) in [7, 11) is 0. The van der Waals surface area contributed by atoms with Crippen LogP contribution in [-0.4, -0.2) is 29.1 Å². The molecule has 0 spiro atoms. The van der Waals surface area contributed by atoms with Crippen LogP contribution in [0.25, 0.3) is 10.1 Å². The summed E-state index contributed by atoms with van der Waals surface area (Å²) in [4.78, 5) is 18.0. The summed E-state index contributed by atoms with van der Waals surface area (Å²) >= 11 is 1.69. The second-order valence-corrected chi connectivity index (χ2v) is 6.31. The number of aliphatic carboxylic acids is 1. The van der Waals surface area contributed by atoms with Gasteiger partial charge in [0.15, 0.2) is 0 Å². The lowest BCUT2D eigenvalue weighted by Gasteiger charge is -2.38. The number of carboxylic acid groups (broad SMARTS) is 1. The number of pyridine rings is 1. The molecule has 2 aromatic heterocycles. The van der Waals surface area contributed by atoms with Gasteiger partial charge in [0.05, 0.1) is 5.41 Å². The van der Waals surface area contributed by atoms with Crippen LogP contribution in [0.5, 0.6) is 0 Å². The standard InChI is InChI=1S/C14H16N2O2S/c1-14(13(17)18)5-2-7-16(9-14)12-10-4-8-19-11(10)3-6-15-12/h3-4,6,8H,2,5,7,9H2,1H3,(H,17,18). The van der Waals surface area contributed by atoms with Gasteiger partial charge < -0.3 is 10.0 Å². The highest BCUT2D eigenvalue weighted by Gasteiger charge is 2.38. The van der Waals surface area contributed by atoms with Crippen LogP contribution in [0.15, 0.2) is 23.7 Å². The lowest BCUT2D eigenvalue weighted by atomic mass is 9.82. The number of rotatable bonds is 2. The number of piperidine rings is 1. The molecule has 1 atom stereocenters. The fourth-order valence-electron chi connectivity index (χ4n) is 2.73. The van der Waals surface area contributed by atoms with Crippen LogP contribution in [0.3, 0.4) is 0 Å². The molecule has 5 heteroatoms. The van der Waals surface area contributed by atoms with Gasteiger partial charge >= 0.3 is 5.97 Å². The minimum atomic E-state index is -0.713. The molecule has 1 fully saturated rings. The molecule has 100 valence electrons. The Labute approximate surface area is 115 Å². The molecule has 1 unspecified atom stereocenters. The Balaban J connectivity index is 1.98. The Hall–Kier alpha value is -1.62. The predicted octanol–water partition coefficient (Wildman–Crippen LogP) is 2.99. The zero-order valence-corrected chi connectivity index (χ0v) is 11.6. The first-order valence-electron chi connectivity index (χ1n) is 6.41. The maximum Gasteiger partial charge on any atom is 0.311 e. The van der Waals surface area contributed by atoms with Crippen LogP contribution in [0, 0.1) is 5.41 Å². The second kappa shape index (κ2) is 4.49. The molecule has 2 aromatic rings. The Morgan fingerprint density at radius 1 is 1.53 bits per heavy atom. The third kappa shape index (κ3) is 2.08. The van der Waals surface area contributed by atoms with Gasteiger partial charge in [0.2, 0.25) is 0 Å². The number of nitrogens with zero attached hydrogens (tertiary/aromatic N) is 2. The van der Waals surface area contributed by atoms with Crippen molar-refractivity contribution in [2.45, 2.75) is 19.8 Å². The number of thiophene rings is 1. The van der Waals surface area contributed by atoms with Gasteiger partial charge in [-0.05, 0) is 37.3 Å². The molecule has 0 amide bonds. The van der Waals surface area contributed by atoms with E-state index in [0.717, 1.165) is 30.6 Å². The quantitative estimate of drug-likeness (QED) is 0.916. The van der Waals surface area contributed by atoms with Crippen LogP contribution >= 0.6 is 11.3 Å². The minimum Gasteiger partial charge on any atom is -0.481 e. The van der Waals surface area contributed by atoms with Crippen LogP contribution < -0.4 is 4.90 Å². The van der Waals surface area contributed by atoms with E-state index in [2.05, 4.69) is 21.3 Å². The van der Waals surface area contributed by atoms with Gasteiger partial charge in [0.1, 0.15) is 5.82 Å². The normalized spacial score (nSPS) is 23.7. The maximum atomic E-state index is 11.4. The van der Waals surface area contributed by atoms with Crippen molar-refractivity contribution >= 4 is 33.2 Å². The summed E-state index contributed by atoms with van der Waals surface area (Å²) in [6.07, 6.45) is 3.43. The van der Waals surface area contributed by atoms with E-state index in [1.807, 2.05) is 13.0 Å². The molecular formula is C14H16N2O2S. The fraction of sp³-hybridized carbons (Fsp3) is 0.429. The van der Waals surface area contributed by atoms with Crippen molar-refractivity contribution in [3.8, 4) is 0 Å². The molecule has 0 radical (unpaired) electrons. The third-order valence-electron chi connectivity index (χ3n) is 3.87. The summed E-state index contributed by atoms with van der Waals surface area (Å²) in [5.74, 6) is 0.209. The van der Waals surface area contributed by atoms with E-state index in [0.29, 0.717) is 6.54 Å². The second-order valence-electron chi connectivity index (χ2n) is 5.36. The zero-order chi connectivity index (χ0) is 13.5. The minimum absolute atomic E-state index is 0.532. The third-order valence-corrected chi connectivity index (χ3v) is 4.75. The summed E-state index contributed by atoms with van der Waals surface area (Å²) < 4.78 is 1.20. The Bertz CT molecular complexity index is 625. The van der Waals surface area contributed by atoms with Crippen molar-refractivity contribution in [1.29, 1.82) is 0 Å². The van der Waals surface area contributed by atoms with Gasteiger partial charge in [-0.15, -0.1) is 11.3 Å². The van der Waals surface area contributed by atoms with Crippen molar-refractivity contribution in [2.24, 2.45) is 5.41 Å². The van der Waals surface area contributed by atoms with Gasteiger partial charge in [0.25, 0.3) is 0 Å². The smallest absolute Gasteiger partial charge is 0.311 e. The molecule has 0 bridgehead atoms. The average Bonchev–Trinajstić information content (AvgIpc) is 2.86. The van der Waals surface area contributed by atoms with Gasteiger partial charge in [0, 0.05) is 29.4 Å². The average molecular weight is 276 g/mol. The molecule has 1 aliphatic rings. The van der Waals surface area contributed by atoms with Crippen molar-refractivity contribution in [2.75, 3.05) is 18.0 Å². The Morgan fingerprint density at radius 2 is 2.37 bits per heavy atom. The molecule has 19 heavy (non-hydrogen) atoms. The largest absolute Gasteiger partial charge is 0.481 e. The van der Waals surface area contributed by atoms with E-state index in [1.165, 1.54) is 4.70 Å². The summed E-state index contributed by atoms with van der Waals surface area (Å²) in [5.41, 5.74) is -0.669. The first-order chi connectivity index (χ1) is 9.10. The van der Waals surface area contributed by atoms with E-state index in [4.69, 9.17) is 0 Å². The van der Waals surface area contributed by atoms with Gasteiger partial charge in [-0.25, -0.2) is 4.98 Å². The highest BCUT2D eigenvalue weighted by molar-refractivity contribution is 7.17. The lowest BCUT2D eigenvalue weighted by molar-refractivity contribution is -0.148. The molecule has 1 N–H and O–H groups in total. The van der Waals surface area contributed by atoms with E-state index in [1.54, 1.807) is 17.5 Å². The first kappa shape index (κ1) is 12.4. The number of carbonyl (C=O) groups is 1. The summed E-state index contributed by atoms with van der Waals surface area (Å²) in [6, 6.07) is 4.07. The molecular weight excluding hydrogens is 260 g/mol. The fourth-order valence-corrected chi connectivity index (χ4v) is 3.50. The molecule has 0 aromatic carbocycles. The van der Waals surface area contributed by atoms with Gasteiger partial charge in [-0.1, -0.05) is 0 Å². The molecule has 3 heterocycles. The zero-order valence-electron chi connectivity index (χ0n) is 10.8. The number of fused-ring (bicyclic) bond motifs is 1. The molecule has 1 saturated heterocycles. The SMILES string of the molecule is CC1(C(=O)O)CCCN(c2nccc3sccc23)C1. The number of hydrogen-bond donors (Lipinski definition) is 1. The summed E-state index contributed by atoms with van der Waals surface area (Å²) in [5, 5.41) is 12.6. The first-order valence-corrected chi connectivity index (χ1v) is 7.29. The molecule has 4 nitrogen and oxygen atoms in total. The predicted molar refractivity (Wildman–Crippen MR) is 76.8 cm³/mol. The van der Waals surface area contributed by atoms with Crippen LogP contribution in [0.2, 0.25) is 0 Å². The van der Waals surface area contributed by atoms with Gasteiger partial charge in [-0.3, -0.25) is 4.79 Å². The van der Waals surface area contributed by atoms with Crippen LogP contribution in [-0.2, 0) is 4.79 Å². The van der Waals surface area contributed by atoms with Crippen molar-refractivity contribution in [3.05, 3.63) is 23.7 Å². The maximum absolute atomic E-state index is 11.4. The monoisotopic (exact) mass is 276 g/mol. The number of anilines is 1. The Morgan fingerprint density at radius 3 is 3.16 bits per heavy atom. The molecule has 3 rings (SSSR count). The highest BCUT2D eigenvalue weighted by atomic mass is 32.1. The van der Waals surface area contributed by atoms with Gasteiger partial charge in [-0.2, -0.15) is 0 Å². The van der Waals surface area contributed by atoms with E-state index in [-0.39, 0.29) is 0 Å². The van der Waals surface area contributed by atoms with Crippen molar-refractivity contribution in [1.82, 2.24) is 4.98 Å². The topological polar surface area (TPSA) is 53.4 Å². The Kier molecular flexibility index (Phi) is 2.93. The molecule has 1 aliphatic heterocycles. The van der Waals surface area contributed by atoms with E-state index < -0.39 is 11.4 Å². The van der Waals surface area contributed by atoms with Crippen LogP contribution in [0.4, 0.5) is 5.82 Å².